The second-order valence-electron chi connectivity index (χ2n) is 20.3. The van der Waals surface area contributed by atoms with E-state index >= 15 is 0 Å². The molecule has 0 bridgehead atoms. The Labute approximate surface area is 398 Å². The third-order valence-corrected chi connectivity index (χ3v) is 15.4. The van der Waals surface area contributed by atoms with E-state index in [1.807, 2.05) is 25.7 Å². The van der Waals surface area contributed by atoms with Gasteiger partial charge in [-0.05, 0) is 156 Å². The molecule has 4 unspecified atom stereocenters. The molecule has 4 aliphatic rings. The summed E-state index contributed by atoms with van der Waals surface area (Å²) >= 11 is 0. The Hall–Kier alpha value is -2.25. The average Bonchev–Trinajstić information content (AvgIpc) is 3.79. The number of halogens is 12. The lowest BCUT2D eigenvalue weighted by Gasteiger charge is -2.49. The first kappa shape index (κ1) is 41.5. The summed E-state index contributed by atoms with van der Waals surface area (Å²) in [5.41, 5.74) is -20.3. The second-order valence-corrected chi connectivity index (χ2v) is 20.3. The van der Waals surface area contributed by atoms with Crippen molar-refractivity contribution in [3.05, 3.63) is 0 Å². The fraction of sp³-hybridized carbons (Fsp3) is 0.896. The van der Waals surface area contributed by atoms with Gasteiger partial charge in [-0.15, -0.1) is 0 Å². The zero-order valence-corrected chi connectivity index (χ0v) is 37.3. The van der Waals surface area contributed by atoms with Crippen molar-refractivity contribution in [2.24, 2.45) is 45.3 Å². The van der Waals surface area contributed by atoms with E-state index in [2.05, 4.69) is 0 Å². The van der Waals surface area contributed by atoms with Crippen LogP contribution in [-0.2, 0) is 4.79 Å². The van der Waals surface area contributed by atoms with Crippen molar-refractivity contribution < 1.29 is 99.5 Å². The predicted octanol–water partition coefficient (Wildman–Crippen LogP) is 11.7. The lowest BCUT2D eigenvalue weighted by atomic mass is 9.56. The Bertz CT molecular complexity index is 2170. The van der Waals surface area contributed by atoms with Gasteiger partial charge >= 0.3 is 35.9 Å². The molecular formula is C48H70F12O6. The van der Waals surface area contributed by atoms with Crippen LogP contribution in [0.2, 0.25) is 0 Å². The number of hydrogen-bond acceptors (Lipinski definition) is 6. The van der Waals surface area contributed by atoms with Gasteiger partial charge in [0.05, 0.1) is 17.3 Å². The molecule has 0 aliphatic heterocycles. The number of Topliss-reactive ketones (excluding diaryl/α,β-unsaturated/α-hetero) is 1. The minimum absolute atomic E-state index is 0.0161. The molecule has 5 N–H and O–H groups in total. The molecule has 0 heterocycles. The van der Waals surface area contributed by atoms with Crippen molar-refractivity contribution in [3.8, 4) is 23.7 Å². The zero-order chi connectivity index (χ0) is 61.0. The van der Waals surface area contributed by atoms with Crippen LogP contribution in [-0.4, -0.2) is 84.5 Å². The van der Waals surface area contributed by atoms with Gasteiger partial charge in [-0.1, -0.05) is 58.8 Å². The molecule has 4 aliphatic carbocycles. The molecule has 0 aromatic carbocycles. The number of fused-ring (bicyclic) bond motifs is 2. The fourth-order valence-corrected chi connectivity index (χ4v) is 12.0. The SMILES string of the molecule is [2H]C([2H])([2H])C(O)(CCCC(C)(CC#CC(O)(C(F)(F)F)C(F)(F)F)[C@H]1CCC2C(=O)CCC[C@@]21C)C([2H])([2H])[2H].[2H]C([2H])([2H])C(O)(CCCC(C)(CC#CC(O)(C(F)(F)F)C(F)(F)F)[C@H]1CCC2[C@@H](O)CCC[C@@]21C)C([2H])([2H])[2H]. The highest BCUT2D eigenvalue weighted by atomic mass is 19.4. The van der Waals surface area contributed by atoms with Crippen molar-refractivity contribution in [1.82, 2.24) is 0 Å². The fourth-order valence-electron chi connectivity index (χ4n) is 12.0. The number of aliphatic hydroxyl groups excluding tert-OH is 1. The molecular weight excluding hydrogens is 900 g/mol. The molecule has 6 nitrogen and oxygen atoms in total. The summed E-state index contributed by atoms with van der Waals surface area (Å²) in [6, 6.07) is 0. The van der Waals surface area contributed by atoms with E-state index < -0.39 is 134 Å². The molecule has 382 valence electrons. The van der Waals surface area contributed by atoms with Crippen molar-refractivity contribution in [2.75, 3.05) is 0 Å². The summed E-state index contributed by atoms with van der Waals surface area (Å²) in [5, 5.41) is 50.7. The second kappa shape index (κ2) is 19.9. The van der Waals surface area contributed by atoms with Gasteiger partial charge in [0.15, 0.2) is 0 Å². The lowest BCUT2D eigenvalue weighted by Crippen LogP contribution is -2.55. The van der Waals surface area contributed by atoms with E-state index in [1.165, 1.54) is 0 Å². The van der Waals surface area contributed by atoms with Gasteiger partial charge in [0, 0.05) is 41.6 Å². The van der Waals surface area contributed by atoms with Crippen LogP contribution in [0.25, 0.3) is 0 Å². The van der Waals surface area contributed by atoms with E-state index in [4.69, 9.17) is 16.4 Å². The number of ketones is 1. The van der Waals surface area contributed by atoms with E-state index in [1.54, 1.807) is 13.8 Å². The Morgan fingerprint density at radius 3 is 1.39 bits per heavy atom. The van der Waals surface area contributed by atoms with Gasteiger partial charge in [0.25, 0.3) is 0 Å². The monoisotopic (exact) mass is 983 g/mol. The molecule has 66 heavy (non-hydrogen) atoms. The topological polar surface area (TPSA) is 118 Å². The Balaban J connectivity index is 0.000000410. The molecule has 0 aromatic heterocycles. The highest BCUT2D eigenvalue weighted by Crippen LogP contribution is 2.63. The molecule has 0 amide bonds. The van der Waals surface area contributed by atoms with Crippen molar-refractivity contribution in [2.45, 2.75) is 224 Å². The van der Waals surface area contributed by atoms with Crippen LogP contribution in [0, 0.1) is 69.0 Å². The smallest absolute Gasteiger partial charge is 0.393 e. The molecule has 0 spiro atoms. The molecule has 4 rings (SSSR count). The summed E-state index contributed by atoms with van der Waals surface area (Å²) in [7, 11) is 0. The third kappa shape index (κ3) is 12.7. The van der Waals surface area contributed by atoms with Gasteiger partial charge in [-0.25, -0.2) is 0 Å². The number of rotatable bonds is 12. The maximum atomic E-state index is 13.2. The molecule has 0 aromatic rings. The minimum atomic E-state index is -6.13. The van der Waals surface area contributed by atoms with E-state index in [0.717, 1.165) is 11.8 Å². The standard InChI is InChI=1S/C24H36F6O3.C24H34F6O3/c2*1-19(2,32)11-6-12-20(3,13-7-15-22(33,23(25,26)27)24(28,29)30)18-10-9-16-17(31)8-5-14-21(16,18)4/h16-18,31-33H,5-6,8-14H2,1-4H3;16,18,32-33H,5-6,8-14H2,1-4H3/t16?,17-,18+,20?,21-;16?,18-,20?,21+/m01/s1/i2*1D3,2D3. The summed E-state index contributed by atoms with van der Waals surface area (Å²) < 4.78 is 248. The van der Waals surface area contributed by atoms with Crippen LogP contribution in [0.3, 0.4) is 0 Å². The number of carbonyl (C=O) groups is 1. The van der Waals surface area contributed by atoms with Crippen LogP contribution in [0.5, 0.6) is 0 Å². The molecule has 4 saturated carbocycles. The van der Waals surface area contributed by atoms with Crippen LogP contribution in [0.1, 0.15) is 187 Å². The summed E-state index contributed by atoms with van der Waals surface area (Å²) in [5.74, 6) is 4.38. The maximum Gasteiger partial charge on any atom is 0.438 e. The van der Waals surface area contributed by atoms with E-state index in [-0.39, 0.29) is 49.2 Å². The number of hydrogen-bond donors (Lipinski definition) is 5. The quantitative estimate of drug-likeness (QED) is 0.0982. The molecule has 0 radical (unpaired) electrons. The van der Waals surface area contributed by atoms with E-state index in [0.29, 0.717) is 64.2 Å². The third-order valence-electron chi connectivity index (χ3n) is 15.4. The predicted molar refractivity (Wildman–Crippen MR) is 223 cm³/mol. The largest absolute Gasteiger partial charge is 0.438 e. The van der Waals surface area contributed by atoms with Crippen LogP contribution >= 0.6 is 0 Å². The first-order valence-electron chi connectivity index (χ1n) is 27.9. The van der Waals surface area contributed by atoms with Gasteiger partial charge < -0.3 is 25.5 Å². The van der Waals surface area contributed by atoms with Crippen molar-refractivity contribution in [1.29, 1.82) is 0 Å². The van der Waals surface area contributed by atoms with Gasteiger partial charge in [0.2, 0.25) is 0 Å². The first-order valence-corrected chi connectivity index (χ1v) is 21.9. The normalized spacial score (nSPS) is 33.2. The number of aliphatic hydroxyl groups is 5. The Kier molecular flexibility index (Phi) is 12.5. The number of alkyl halides is 12. The molecule has 4 fully saturated rings. The Morgan fingerprint density at radius 2 is 0.985 bits per heavy atom. The van der Waals surface area contributed by atoms with E-state index in [9.17, 15) is 83.0 Å². The lowest BCUT2D eigenvalue weighted by molar-refractivity contribution is -0.344. The van der Waals surface area contributed by atoms with Gasteiger partial charge in [0.1, 0.15) is 5.78 Å². The molecule has 0 saturated heterocycles. The maximum absolute atomic E-state index is 13.2. The van der Waals surface area contributed by atoms with Crippen molar-refractivity contribution >= 4 is 5.78 Å². The Morgan fingerprint density at radius 1 is 0.591 bits per heavy atom. The van der Waals surface area contributed by atoms with Gasteiger partial charge in [-0.2, -0.15) is 52.7 Å². The summed E-state index contributed by atoms with van der Waals surface area (Å²) in [6.07, 6.45) is -23.2. The zero-order valence-electron chi connectivity index (χ0n) is 49.3. The van der Waals surface area contributed by atoms with Crippen LogP contribution < -0.4 is 0 Å². The molecule has 18 heteroatoms. The van der Waals surface area contributed by atoms with Crippen molar-refractivity contribution in [3.63, 3.8) is 0 Å². The van der Waals surface area contributed by atoms with Gasteiger partial charge in [-0.3, -0.25) is 4.79 Å². The summed E-state index contributed by atoms with van der Waals surface area (Å²) in [4.78, 5) is 12.6. The highest BCUT2D eigenvalue weighted by molar-refractivity contribution is 5.83. The highest BCUT2D eigenvalue weighted by Gasteiger charge is 2.71. The number of carbonyl (C=O) groups excluding carboxylic acids is 1. The van der Waals surface area contributed by atoms with Crippen LogP contribution in [0.15, 0.2) is 0 Å². The first-order chi connectivity index (χ1) is 34.5. The summed E-state index contributed by atoms with van der Waals surface area (Å²) in [6.45, 7) is -6.33. The molecule has 9 atom stereocenters. The minimum Gasteiger partial charge on any atom is -0.393 e. The van der Waals surface area contributed by atoms with Crippen LogP contribution in [0.4, 0.5) is 52.7 Å². The average molecular weight is 983 g/mol.